The van der Waals surface area contributed by atoms with Crippen LogP contribution >= 0.6 is 0 Å². The summed E-state index contributed by atoms with van der Waals surface area (Å²) in [6.45, 7) is 3.06. The van der Waals surface area contributed by atoms with E-state index >= 15 is 0 Å². The number of aryl methyl sites for hydroxylation is 1. The van der Waals surface area contributed by atoms with Crippen LogP contribution in [0.25, 0.3) is 0 Å². The number of carbonyl (C=O) groups is 1. The molecule has 2 heterocycles. The standard InChI is InChI=1S/C12H17BN2O2/c1-9(16)15-5-2-3-10-7-11(17-6-4-13)8-14-12(10)15/h7-8H,2-6,13H2,1H3. The molecule has 0 bridgehead atoms. The molecule has 0 aromatic carbocycles. The molecule has 4 nitrogen and oxygen atoms in total. The topological polar surface area (TPSA) is 42.4 Å². The van der Waals surface area contributed by atoms with Crippen molar-refractivity contribution in [2.24, 2.45) is 0 Å². The number of hydrogen-bond acceptors (Lipinski definition) is 3. The van der Waals surface area contributed by atoms with E-state index in [-0.39, 0.29) is 5.91 Å². The maximum absolute atomic E-state index is 11.5. The van der Waals surface area contributed by atoms with Crippen LogP contribution in [0.15, 0.2) is 12.3 Å². The Balaban J connectivity index is 2.23. The van der Waals surface area contributed by atoms with Crippen LogP contribution in [0.1, 0.15) is 18.9 Å². The van der Waals surface area contributed by atoms with Crippen LogP contribution in [-0.4, -0.2) is 31.9 Å². The highest BCUT2D eigenvalue weighted by Crippen LogP contribution is 2.27. The van der Waals surface area contributed by atoms with Crippen LogP contribution < -0.4 is 9.64 Å². The van der Waals surface area contributed by atoms with E-state index in [9.17, 15) is 4.79 Å². The maximum Gasteiger partial charge on any atom is 0.225 e. The van der Waals surface area contributed by atoms with Gasteiger partial charge in [-0.05, 0) is 30.8 Å². The van der Waals surface area contributed by atoms with E-state index in [2.05, 4.69) is 12.8 Å². The molecule has 0 fully saturated rings. The largest absolute Gasteiger partial charge is 0.493 e. The number of fused-ring (bicyclic) bond motifs is 1. The van der Waals surface area contributed by atoms with E-state index in [1.165, 1.54) is 0 Å². The van der Waals surface area contributed by atoms with Crippen molar-refractivity contribution < 1.29 is 9.53 Å². The Morgan fingerprint density at radius 3 is 3.18 bits per heavy atom. The van der Waals surface area contributed by atoms with Gasteiger partial charge < -0.3 is 4.74 Å². The molecule has 17 heavy (non-hydrogen) atoms. The number of anilines is 1. The minimum Gasteiger partial charge on any atom is -0.493 e. The van der Waals surface area contributed by atoms with Crippen molar-refractivity contribution in [3.8, 4) is 5.75 Å². The molecule has 0 spiro atoms. The van der Waals surface area contributed by atoms with Gasteiger partial charge in [0.2, 0.25) is 5.91 Å². The minimum absolute atomic E-state index is 0.0562. The lowest BCUT2D eigenvalue weighted by Crippen LogP contribution is -2.34. The SMILES string of the molecule is BCCOc1cnc2c(c1)CCCN2C(C)=O. The Kier molecular flexibility index (Phi) is 3.66. The van der Waals surface area contributed by atoms with Crippen molar-refractivity contribution >= 4 is 19.6 Å². The van der Waals surface area contributed by atoms with Gasteiger partial charge in [-0.3, -0.25) is 9.69 Å². The smallest absolute Gasteiger partial charge is 0.225 e. The first-order valence-electron chi connectivity index (χ1n) is 6.12. The van der Waals surface area contributed by atoms with E-state index in [0.717, 1.165) is 42.8 Å². The first kappa shape index (κ1) is 12.0. The number of carbonyl (C=O) groups excluding carboxylic acids is 1. The summed E-state index contributed by atoms with van der Waals surface area (Å²) in [6.07, 6.45) is 4.65. The zero-order valence-electron chi connectivity index (χ0n) is 10.4. The summed E-state index contributed by atoms with van der Waals surface area (Å²) in [7, 11) is 2.07. The van der Waals surface area contributed by atoms with Gasteiger partial charge in [-0.1, -0.05) is 0 Å². The van der Waals surface area contributed by atoms with Crippen molar-refractivity contribution in [1.82, 2.24) is 4.98 Å². The fourth-order valence-electron chi connectivity index (χ4n) is 2.05. The summed E-state index contributed by atoms with van der Waals surface area (Å²) in [5, 5.41) is 0. The Bertz CT molecular complexity index is 423. The van der Waals surface area contributed by atoms with Gasteiger partial charge in [-0.15, -0.1) is 0 Å². The number of aromatic nitrogens is 1. The molecule has 1 aliphatic heterocycles. The molecule has 0 saturated heterocycles. The van der Waals surface area contributed by atoms with Gasteiger partial charge in [0.05, 0.1) is 12.8 Å². The summed E-state index contributed by atoms with van der Waals surface area (Å²) >= 11 is 0. The van der Waals surface area contributed by atoms with Crippen LogP contribution in [0, 0.1) is 0 Å². The van der Waals surface area contributed by atoms with Crippen molar-refractivity contribution in [2.75, 3.05) is 18.1 Å². The van der Waals surface area contributed by atoms with E-state index in [0.29, 0.717) is 6.61 Å². The Morgan fingerprint density at radius 1 is 1.65 bits per heavy atom. The number of hydrogen-bond donors (Lipinski definition) is 0. The van der Waals surface area contributed by atoms with Crippen LogP contribution in [0.5, 0.6) is 5.75 Å². The van der Waals surface area contributed by atoms with Gasteiger partial charge in [-0.2, -0.15) is 0 Å². The second kappa shape index (κ2) is 5.21. The summed E-state index contributed by atoms with van der Waals surface area (Å²) in [5.74, 6) is 1.66. The summed E-state index contributed by atoms with van der Waals surface area (Å²) in [5.41, 5.74) is 1.11. The first-order valence-corrected chi connectivity index (χ1v) is 6.12. The van der Waals surface area contributed by atoms with Gasteiger partial charge in [0, 0.05) is 13.5 Å². The third-order valence-electron chi connectivity index (χ3n) is 2.85. The zero-order valence-corrected chi connectivity index (χ0v) is 10.4. The highest BCUT2D eigenvalue weighted by atomic mass is 16.5. The average Bonchev–Trinajstić information content (AvgIpc) is 2.35. The molecule has 90 valence electrons. The monoisotopic (exact) mass is 232 g/mol. The Morgan fingerprint density at radius 2 is 2.47 bits per heavy atom. The van der Waals surface area contributed by atoms with Gasteiger partial charge in [-0.25, -0.2) is 4.98 Å². The van der Waals surface area contributed by atoms with Gasteiger partial charge in [0.25, 0.3) is 0 Å². The van der Waals surface area contributed by atoms with E-state index < -0.39 is 0 Å². The normalized spacial score (nSPS) is 14.3. The van der Waals surface area contributed by atoms with E-state index in [1.54, 1.807) is 18.0 Å². The van der Waals surface area contributed by atoms with Crippen molar-refractivity contribution in [3.63, 3.8) is 0 Å². The van der Waals surface area contributed by atoms with Gasteiger partial charge in [0.1, 0.15) is 19.4 Å². The first-order chi connectivity index (χ1) is 8.22. The quantitative estimate of drug-likeness (QED) is 0.724. The van der Waals surface area contributed by atoms with Crippen LogP contribution in [-0.2, 0) is 11.2 Å². The van der Waals surface area contributed by atoms with E-state index in [4.69, 9.17) is 4.74 Å². The number of rotatable bonds is 3. The summed E-state index contributed by atoms with van der Waals surface area (Å²) in [4.78, 5) is 17.6. The molecule has 1 amide bonds. The number of pyridine rings is 1. The van der Waals surface area contributed by atoms with E-state index in [1.807, 2.05) is 6.07 Å². The minimum atomic E-state index is 0.0562. The van der Waals surface area contributed by atoms with Gasteiger partial charge in [0.15, 0.2) is 0 Å². The Labute approximate surface area is 102 Å². The summed E-state index contributed by atoms with van der Waals surface area (Å²) < 4.78 is 5.55. The second-order valence-corrected chi connectivity index (χ2v) is 4.28. The number of nitrogens with zero attached hydrogens (tertiary/aromatic N) is 2. The highest BCUT2D eigenvalue weighted by Gasteiger charge is 2.21. The molecule has 2 rings (SSSR count). The molecule has 1 aromatic heterocycles. The Hall–Kier alpha value is -1.52. The molecule has 0 saturated carbocycles. The van der Waals surface area contributed by atoms with Crippen molar-refractivity contribution in [2.45, 2.75) is 26.1 Å². The molecule has 1 aliphatic rings. The van der Waals surface area contributed by atoms with Crippen molar-refractivity contribution in [1.29, 1.82) is 0 Å². The molecular weight excluding hydrogens is 215 g/mol. The number of ether oxygens (including phenoxy) is 1. The molecule has 0 aliphatic carbocycles. The average molecular weight is 232 g/mol. The molecule has 5 heteroatoms. The predicted molar refractivity (Wildman–Crippen MR) is 69.4 cm³/mol. The third-order valence-corrected chi connectivity index (χ3v) is 2.85. The highest BCUT2D eigenvalue weighted by molar-refractivity contribution is 6.08. The van der Waals surface area contributed by atoms with Crippen LogP contribution in [0.3, 0.4) is 0 Å². The second-order valence-electron chi connectivity index (χ2n) is 4.28. The number of amides is 1. The van der Waals surface area contributed by atoms with Gasteiger partial charge >= 0.3 is 0 Å². The van der Waals surface area contributed by atoms with Crippen LogP contribution in [0.2, 0.25) is 6.32 Å². The molecular formula is C12H17BN2O2. The summed E-state index contributed by atoms with van der Waals surface area (Å²) in [6, 6.07) is 2.01. The molecule has 0 N–H and O–H groups in total. The lowest BCUT2D eigenvalue weighted by molar-refractivity contribution is -0.116. The lowest BCUT2D eigenvalue weighted by Gasteiger charge is -2.27. The van der Waals surface area contributed by atoms with Crippen molar-refractivity contribution in [3.05, 3.63) is 17.8 Å². The maximum atomic E-state index is 11.5. The van der Waals surface area contributed by atoms with Crippen LogP contribution in [0.4, 0.5) is 5.82 Å². The zero-order chi connectivity index (χ0) is 12.3. The molecule has 1 aromatic rings. The fourth-order valence-corrected chi connectivity index (χ4v) is 2.05. The predicted octanol–water partition coefficient (Wildman–Crippen LogP) is 0.811. The molecule has 0 radical (unpaired) electrons. The molecule has 0 unspecified atom stereocenters. The third kappa shape index (κ3) is 2.60. The fraction of sp³-hybridized carbons (Fsp3) is 0.500. The lowest BCUT2D eigenvalue weighted by atomic mass is 10.1. The molecule has 0 atom stereocenters.